The van der Waals surface area contributed by atoms with Crippen LogP contribution in [0.15, 0.2) is 340 Å². The molecule has 112 heavy (non-hydrogen) atoms. The highest BCUT2D eigenvalue weighted by Crippen LogP contribution is 2.57. The summed E-state index contributed by atoms with van der Waals surface area (Å²) in [5.74, 6) is 0. The molecule has 18 aromatic rings. The summed E-state index contributed by atoms with van der Waals surface area (Å²) >= 11 is 0. The van der Waals surface area contributed by atoms with Crippen LogP contribution in [0, 0.1) is 55.4 Å². The van der Waals surface area contributed by atoms with Crippen molar-refractivity contribution in [2.75, 3.05) is 0 Å². The van der Waals surface area contributed by atoms with E-state index in [0.717, 1.165) is 0 Å². The molecule has 0 saturated carbocycles. The normalized spacial score (nSPS) is 10.9. The lowest BCUT2D eigenvalue weighted by Gasteiger charge is -2.26. The van der Waals surface area contributed by atoms with E-state index in [2.05, 4.69) is 395 Å². The minimum Gasteiger partial charge on any atom is -0.0683 e. The predicted molar refractivity (Wildman–Crippen MR) is 496 cm³/mol. The van der Waals surface area contributed by atoms with Crippen LogP contribution >= 0.6 is 0 Å². The average molecular weight is 1450 g/mol. The molecule has 552 valence electrons. The maximum atomic E-state index is 2.42. The zero-order valence-electron chi connectivity index (χ0n) is 68.3. The van der Waals surface area contributed by atoms with Gasteiger partial charge in [0.25, 0.3) is 0 Å². The summed E-state index contributed by atoms with van der Waals surface area (Å²) in [6, 6.07) is 127. The van der Waals surface area contributed by atoms with E-state index < -0.39 is 0 Å². The number of hydrogen-bond acceptors (Lipinski definition) is 0. The number of fused-ring (bicyclic) bond motifs is 6. The zero-order valence-corrected chi connectivity index (χ0v) is 68.3. The molecule has 0 unspecified atom stereocenters. The highest BCUT2D eigenvalue weighted by molar-refractivity contribution is 6.36. The number of hydrogen-bond donors (Lipinski definition) is 0. The van der Waals surface area contributed by atoms with Gasteiger partial charge in [-0.15, -0.1) is 0 Å². The molecule has 0 aromatic heterocycles. The lowest BCUT2D eigenvalue weighted by atomic mass is 9.77. The fourth-order valence-corrected chi connectivity index (χ4v) is 16.3. The third-order valence-corrected chi connectivity index (χ3v) is 21.4. The SMILES string of the molecule is CC.CC.CC.CC.Cc1ccc(-c2c3ccc(C)cc3c(-c3ccc(-c4ccccc4)cc3)c3c(-c4ccc(C)cc4)c4ccc(C)cc4c(-c4ccc(-c5ccccc5)cc4)c23)cc1.Cc1ccc(-c2c3ccc(C)cc3c(-c3ccccc3)c3c(-c4ccc(C)cc4)c4ccc(C)cc4c(-c4ccccc4)c23)cc1. The van der Waals surface area contributed by atoms with Crippen molar-refractivity contribution in [3.05, 3.63) is 384 Å². The Morgan fingerprint density at radius 3 is 0.446 bits per heavy atom. The molecule has 0 nitrogen and oxygen atoms in total. The van der Waals surface area contributed by atoms with Crippen LogP contribution in [0.2, 0.25) is 0 Å². The van der Waals surface area contributed by atoms with Crippen molar-refractivity contribution < 1.29 is 0 Å². The molecule has 0 heterocycles. The van der Waals surface area contributed by atoms with Gasteiger partial charge in [0, 0.05) is 0 Å². The maximum absolute atomic E-state index is 2.42. The molecule has 0 spiro atoms. The highest BCUT2D eigenvalue weighted by atomic mass is 14.3. The molecule has 0 aliphatic rings. The summed E-state index contributed by atoms with van der Waals surface area (Å²) in [4.78, 5) is 0. The molecule has 0 amide bonds. The quantitative estimate of drug-likeness (QED) is 0.120. The smallest absolute Gasteiger partial charge is 0.000139 e. The minimum atomic E-state index is 1.21. The van der Waals surface area contributed by atoms with Gasteiger partial charge in [0.05, 0.1) is 0 Å². The third kappa shape index (κ3) is 15.3. The first kappa shape index (κ1) is 77.7. The Bertz CT molecular complexity index is 5900. The van der Waals surface area contributed by atoms with Gasteiger partial charge in [0.1, 0.15) is 0 Å². The molecule has 18 rings (SSSR count). The van der Waals surface area contributed by atoms with Gasteiger partial charge >= 0.3 is 0 Å². The van der Waals surface area contributed by atoms with Crippen molar-refractivity contribution >= 4 is 64.6 Å². The van der Waals surface area contributed by atoms with Crippen molar-refractivity contribution in [2.24, 2.45) is 0 Å². The van der Waals surface area contributed by atoms with Gasteiger partial charge in [-0.25, -0.2) is 0 Å². The summed E-state index contributed by atoms with van der Waals surface area (Å²) in [6.45, 7) is 33.6. The Balaban J connectivity index is 0.000000184. The van der Waals surface area contributed by atoms with Gasteiger partial charge in [0.2, 0.25) is 0 Å². The fourth-order valence-electron chi connectivity index (χ4n) is 16.3. The molecule has 0 atom stereocenters. The molecule has 0 heteroatoms. The summed E-state index contributed by atoms with van der Waals surface area (Å²) in [6.07, 6.45) is 0. The molecule has 0 N–H and O–H groups in total. The molecule has 0 aliphatic carbocycles. The Kier molecular flexibility index (Phi) is 24.3. The molecule has 18 aromatic carbocycles. The first-order valence-corrected chi connectivity index (χ1v) is 40.5. The van der Waals surface area contributed by atoms with Crippen molar-refractivity contribution in [1.29, 1.82) is 0 Å². The van der Waals surface area contributed by atoms with E-state index in [4.69, 9.17) is 0 Å². The van der Waals surface area contributed by atoms with Crippen LogP contribution in [0.4, 0.5) is 0 Å². The van der Waals surface area contributed by atoms with Crippen LogP contribution in [-0.2, 0) is 0 Å². The second-order valence-corrected chi connectivity index (χ2v) is 28.8. The Morgan fingerprint density at radius 2 is 0.250 bits per heavy atom. The second-order valence-electron chi connectivity index (χ2n) is 28.8. The van der Waals surface area contributed by atoms with E-state index in [-0.39, 0.29) is 0 Å². The maximum Gasteiger partial charge on any atom is -0.000139 e. The Labute approximate surface area is 666 Å². The van der Waals surface area contributed by atoms with Crippen LogP contribution < -0.4 is 0 Å². The number of rotatable bonds is 10. The van der Waals surface area contributed by atoms with E-state index in [9.17, 15) is 0 Å². The van der Waals surface area contributed by atoms with E-state index in [0.29, 0.717) is 0 Å². The van der Waals surface area contributed by atoms with Gasteiger partial charge in [-0.3, -0.25) is 0 Å². The van der Waals surface area contributed by atoms with E-state index in [1.54, 1.807) is 0 Å². The van der Waals surface area contributed by atoms with Gasteiger partial charge in [-0.2, -0.15) is 0 Å². The van der Waals surface area contributed by atoms with Crippen molar-refractivity contribution in [2.45, 2.75) is 111 Å². The monoisotopic (exact) mass is 1450 g/mol. The lowest BCUT2D eigenvalue weighted by Crippen LogP contribution is -1.98. The van der Waals surface area contributed by atoms with Crippen LogP contribution in [0.1, 0.15) is 99.9 Å². The summed E-state index contributed by atoms with van der Waals surface area (Å²) in [5.41, 5.74) is 35.0. The summed E-state index contributed by atoms with van der Waals surface area (Å²) in [7, 11) is 0. The van der Waals surface area contributed by atoms with Crippen LogP contribution in [0.3, 0.4) is 0 Å². The largest absolute Gasteiger partial charge is 0.0683 e. The van der Waals surface area contributed by atoms with Crippen LogP contribution in [0.5, 0.6) is 0 Å². The highest BCUT2D eigenvalue weighted by Gasteiger charge is 2.29. The number of benzene rings is 18. The molecule has 0 bridgehead atoms. The topological polar surface area (TPSA) is 0 Å². The second kappa shape index (κ2) is 35.0. The van der Waals surface area contributed by atoms with Gasteiger partial charge in [-0.05, 0) is 231 Å². The first-order chi connectivity index (χ1) is 54.9. The van der Waals surface area contributed by atoms with Crippen LogP contribution in [-0.4, -0.2) is 0 Å². The molecule has 0 radical (unpaired) electrons. The molecule has 0 fully saturated rings. The van der Waals surface area contributed by atoms with Crippen molar-refractivity contribution in [3.8, 4) is 111 Å². The molecule has 0 saturated heterocycles. The molecular formula is C112H104. The third-order valence-electron chi connectivity index (χ3n) is 21.4. The lowest BCUT2D eigenvalue weighted by molar-refractivity contribution is 1.47. The predicted octanol–water partition coefficient (Wildman–Crippen LogP) is 33.5. The van der Waals surface area contributed by atoms with Gasteiger partial charge in [0.15, 0.2) is 0 Å². The van der Waals surface area contributed by atoms with Crippen molar-refractivity contribution in [1.82, 2.24) is 0 Å². The van der Waals surface area contributed by atoms with E-state index >= 15 is 0 Å². The average Bonchev–Trinajstić information content (AvgIpc) is 0.701. The van der Waals surface area contributed by atoms with Crippen LogP contribution in [0.25, 0.3) is 176 Å². The Morgan fingerprint density at radius 1 is 0.116 bits per heavy atom. The minimum absolute atomic E-state index is 1.21. The summed E-state index contributed by atoms with van der Waals surface area (Å²) in [5, 5.41) is 15.3. The van der Waals surface area contributed by atoms with Crippen molar-refractivity contribution in [3.63, 3.8) is 0 Å². The first-order valence-electron chi connectivity index (χ1n) is 40.5. The zero-order chi connectivity index (χ0) is 78.7. The number of aryl methyl sites for hydroxylation is 8. The van der Waals surface area contributed by atoms with E-state index in [1.807, 2.05) is 55.4 Å². The summed E-state index contributed by atoms with van der Waals surface area (Å²) < 4.78 is 0. The molecular weight excluding hydrogens is 1350 g/mol. The van der Waals surface area contributed by atoms with Gasteiger partial charge in [-0.1, -0.05) is 440 Å². The molecule has 0 aliphatic heterocycles. The standard InChI is InChI=1S/C58H44.C46H36.4C2H6/c1-37-15-21-45(22-16-37)53-49-33-19-39(3)35-51(49)56(48-31-27-44(28-32-48)42-13-9-6-10-14-42)58-54(46-23-17-38(2)18-24-46)50-34-20-40(4)36-52(50)55(57(53)58)47-29-25-43(26-30-47)41-11-7-5-8-12-41;1-29-15-21-35(22-16-29)41-37-25-19-31(3)27-39(37)44(34-13-9-6-10-14-34)46-42(36-23-17-30(2)18-24-36)38-26-20-32(4)28-40(38)43(45(41)46)33-11-7-5-8-12-33;4*1-2/h5-36H,1-4H3;5-28H,1-4H3;4*1-2H3. The van der Waals surface area contributed by atoms with Gasteiger partial charge < -0.3 is 0 Å². The fraction of sp³-hybridized carbons (Fsp3) is 0.143. The Hall–Kier alpha value is -12.5. The van der Waals surface area contributed by atoms with E-state index in [1.165, 1.54) is 220 Å².